The number of alkyl halides is 4. The smallest absolute Gasteiger partial charge is 0.359 e. The third kappa shape index (κ3) is 2.20. The lowest BCUT2D eigenvalue weighted by Gasteiger charge is -2.22. The van der Waals surface area contributed by atoms with E-state index in [0.29, 0.717) is 6.55 Å². The molecule has 69 valence electrons. The lowest BCUT2D eigenvalue weighted by atomic mass is 10.4. The summed E-state index contributed by atoms with van der Waals surface area (Å²) < 4.78 is 63.5. The van der Waals surface area contributed by atoms with Crippen LogP contribution in [0.4, 0.5) is 17.6 Å². The quantitative estimate of drug-likeness (QED) is 0.517. The first-order valence-electron chi connectivity index (χ1n) is 2.81. The second-order valence-electron chi connectivity index (χ2n) is 2.12. The molecule has 0 aliphatic rings. The van der Waals surface area contributed by atoms with Gasteiger partial charge in [-0.25, -0.2) is 0 Å². The SMILES string of the molecule is C[Si](=O)C(F)(F)C(F)(F)CO[Si]. The molecule has 0 unspecified atom stereocenters. The fourth-order valence-electron chi connectivity index (χ4n) is 0.439. The van der Waals surface area contributed by atoms with Gasteiger partial charge in [-0.05, 0) is 6.55 Å². The van der Waals surface area contributed by atoms with Crippen LogP contribution in [-0.2, 0) is 8.89 Å². The summed E-state index contributed by atoms with van der Waals surface area (Å²) in [6, 6.07) is 0. The molecule has 3 radical (unpaired) electrons. The molecule has 0 rings (SSSR count). The first-order chi connectivity index (χ1) is 5.25. The molecule has 0 atom stereocenters. The van der Waals surface area contributed by atoms with Crippen LogP contribution in [0.2, 0.25) is 6.55 Å². The molecule has 2 nitrogen and oxygen atoms in total. The molecule has 0 aliphatic carbocycles. The number of hydrogen-bond acceptors (Lipinski definition) is 2. The lowest BCUT2D eigenvalue weighted by molar-refractivity contribution is -0.179. The highest BCUT2D eigenvalue weighted by molar-refractivity contribution is 6.44. The molecule has 0 aromatic carbocycles. The molecule has 0 N–H and O–H groups in total. The molecule has 0 saturated heterocycles. The van der Waals surface area contributed by atoms with Crippen LogP contribution in [0.25, 0.3) is 0 Å². The Kier molecular flexibility index (Phi) is 3.72. The summed E-state index contributed by atoms with van der Waals surface area (Å²) in [5.41, 5.74) is -4.50. The minimum absolute atomic E-state index is 0.576. The Morgan fingerprint density at radius 1 is 1.42 bits per heavy atom. The topological polar surface area (TPSA) is 26.3 Å². The van der Waals surface area contributed by atoms with Crippen molar-refractivity contribution in [1.82, 2.24) is 0 Å². The van der Waals surface area contributed by atoms with E-state index >= 15 is 0 Å². The van der Waals surface area contributed by atoms with Gasteiger partial charge in [0, 0.05) is 0 Å². The molecule has 8 heteroatoms. The van der Waals surface area contributed by atoms with Crippen molar-refractivity contribution in [3.05, 3.63) is 0 Å². The summed E-state index contributed by atoms with van der Waals surface area (Å²) in [6.07, 6.45) is 0. The molecular formula is C4H5F4O2Si2. The number of halogens is 4. The Balaban J connectivity index is 4.62. The van der Waals surface area contributed by atoms with Crippen LogP contribution in [0.1, 0.15) is 0 Å². The van der Waals surface area contributed by atoms with Crippen molar-refractivity contribution < 1.29 is 26.4 Å². The molecule has 0 heterocycles. The van der Waals surface area contributed by atoms with Crippen LogP contribution in [0.3, 0.4) is 0 Å². The van der Waals surface area contributed by atoms with Gasteiger partial charge < -0.3 is 8.89 Å². The molecule has 0 bridgehead atoms. The highest BCUT2D eigenvalue weighted by atomic mass is 28.3. The van der Waals surface area contributed by atoms with E-state index in [0.717, 1.165) is 0 Å². The van der Waals surface area contributed by atoms with Crippen molar-refractivity contribution >= 4 is 19.2 Å². The summed E-state index contributed by atoms with van der Waals surface area (Å²) in [7, 11) is -1.46. The van der Waals surface area contributed by atoms with Crippen LogP contribution >= 0.6 is 0 Å². The maximum atomic E-state index is 12.4. The zero-order valence-electron chi connectivity index (χ0n) is 6.04. The van der Waals surface area contributed by atoms with Crippen molar-refractivity contribution in [2.75, 3.05) is 6.61 Å². The van der Waals surface area contributed by atoms with E-state index in [2.05, 4.69) is 14.9 Å². The van der Waals surface area contributed by atoms with Gasteiger partial charge in [-0.2, -0.15) is 17.6 Å². The largest absolute Gasteiger partial charge is 0.412 e. The summed E-state index contributed by atoms with van der Waals surface area (Å²) >= 11 is 0. The molecule has 0 spiro atoms. The second-order valence-corrected chi connectivity index (χ2v) is 4.15. The molecular weight excluding hydrogens is 212 g/mol. The Hall–Kier alpha value is -0.0862. The van der Waals surface area contributed by atoms with Gasteiger partial charge in [0.15, 0.2) is 0 Å². The van der Waals surface area contributed by atoms with Crippen LogP contribution in [0.15, 0.2) is 0 Å². The minimum atomic E-state index is -4.50. The van der Waals surface area contributed by atoms with Crippen LogP contribution in [0.5, 0.6) is 0 Å². The van der Waals surface area contributed by atoms with Gasteiger partial charge in [0.1, 0.15) is 6.61 Å². The summed E-state index contributed by atoms with van der Waals surface area (Å²) in [5.74, 6) is -4.40. The molecule has 0 fully saturated rings. The van der Waals surface area contributed by atoms with E-state index in [4.69, 9.17) is 0 Å². The maximum absolute atomic E-state index is 12.4. The average Bonchev–Trinajstić information content (AvgIpc) is 1.86. The monoisotopic (exact) mass is 217 g/mol. The first kappa shape index (κ1) is 11.9. The second kappa shape index (κ2) is 3.75. The van der Waals surface area contributed by atoms with E-state index in [-0.39, 0.29) is 0 Å². The minimum Gasteiger partial charge on any atom is -0.412 e. The molecule has 0 aromatic rings. The zero-order chi connectivity index (χ0) is 9.99. The van der Waals surface area contributed by atoms with Crippen molar-refractivity contribution in [2.24, 2.45) is 0 Å². The van der Waals surface area contributed by atoms with E-state index in [1.807, 2.05) is 0 Å². The fraction of sp³-hybridized carbons (Fsp3) is 1.00. The summed E-state index contributed by atoms with van der Waals surface area (Å²) in [5, 5.41) is 0. The first-order valence-corrected chi connectivity index (χ1v) is 5.12. The Morgan fingerprint density at radius 3 is 2.08 bits per heavy atom. The highest BCUT2D eigenvalue weighted by Crippen LogP contribution is 2.34. The molecule has 0 saturated carbocycles. The van der Waals surface area contributed by atoms with Crippen LogP contribution in [-0.4, -0.2) is 37.2 Å². The Morgan fingerprint density at radius 2 is 1.83 bits per heavy atom. The number of hydrogen-bond donors (Lipinski definition) is 0. The van der Waals surface area contributed by atoms with Crippen molar-refractivity contribution in [3.63, 3.8) is 0 Å². The third-order valence-electron chi connectivity index (χ3n) is 1.15. The van der Waals surface area contributed by atoms with Gasteiger partial charge in [0.05, 0.1) is 0 Å². The van der Waals surface area contributed by atoms with Gasteiger partial charge in [0.25, 0.3) is 0 Å². The third-order valence-corrected chi connectivity index (χ3v) is 2.55. The predicted molar refractivity (Wildman–Crippen MR) is 33.9 cm³/mol. The van der Waals surface area contributed by atoms with Gasteiger partial charge in [-0.15, -0.1) is 0 Å². The molecule has 0 aromatic heterocycles. The Labute approximate surface area is 71.1 Å². The molecule has 0 amide bonds. The van der Waals surface area contributed by atoms with Gasteiger partial charge in [-0.1, -0.05) is 0 Å². The van der Waals surface area contributed by atoms with Gasteiger partial charge >= 0.3 is 20.2 Å². The standard InChI is InChI=1S/C4H5F4O2Si2/c1-12(9)4(7,8)3(5,6)2-10-11/h2H2,1H3. The van der Waals surface area contributed by atoms with Crippen LogP contribution < -0.4 is 0 Å². The fourth-order valence-corrected chi connectivity index (χ4v) is 1.21. The lowest BCUT2D eigenvalue weighted by Crippen LogP contribution is -2.50. The van der Waals surface area contributed by atoms with E-state index in [9.17, 15) is 22.0 Å². The van der Waals surface area contributed by atoms with E-state index in [1.54, 1.807) is 0 Å². The van der Waals surface area contributed by atoms with E-state index in [1.165, 1.54) is 0 Å². The van der Waals surface area contributed by atoms with Gasteiger partial charge in [-0.3, -0.25) is 0 Å². The van der Waals surface area contributed by atoms with Crippen molar-refractivity contribution in [2.45, 2.75) is 18.0 Å². The van der Waals surface area contributed by atoms with Crippen LogP contribution in [0, 0.1) is 0 Å². The van der Waals surface area contributed by atoms with Gasteiger partial charge in [0.2, 0.25) is 10.5 Å². The summed E-state index contributed by atoms with van der Waals surface area (Å²) in [4.78, 5) is 0. The average molecular weight is 217 g/mol. The van der Waals surface area contributed by atoms with Crippen molar-refractivity contribution in [3.8, 4) is 0 Å². The normalized spacial score (nSPS) is 13.2. The maximum Gasteiger partial charge on any atom is 0.359 e. The summed E-state index contributed by atoms with van der Waals surface area (Å²) in [6.45, 7) is -0.937. The molecule has 12 heavy (non-hydrogen) atoms. The Bertz CT molecular complexity index is 184. The van der Waals surface area contributed by atoms with E-state index < -0.39 is 26.8 Å². The zero-order valence-corrected chi connectivity index (χ0v) is 8.04. The number of rotatable bonds is 4. The molecule has 0 aliphatic heterocycles. The predicted octanol–water partition coefficient (Wildman–Crippen LogP) is 0.948. The highest BCUT2D eigenvalue weighted by Gasteiger charge is 2.60. The van der Waals surface area contributed by atoms with Crippen molar-refractivity contribution in [1.29, 1.82) is 0 Å².